The molecule has 27 heavy (non-hydrogen) atoms. The monoisotopic (exact) mass is 378 g/mol. The standard InChI is InChI=1S/C20H24F2N2O3/c1-12-17(26-4)9-13(10-18(12)27-5)20(25)23-11-16(24(2)3)19-14(21)7-6-8-15(19)22/h6-10,16H,11H2,1-5H3,(H,23,25). The van der Waals surface area contributed by atoms with Gasteiger partial charge >= 0.3 is 0 Å². The molecule has 2 rings (SSSR count). The second-order valence-electron chi connectivity index (χ2n) is 6.33. The van der Waals surface area contributed by atoms with E-state index < -0.39 is 23.6 Å². The first-order chi connectivity index (χ1) is 12.8. The van der Waals surface area contributed by atoms with Gasteiger partial charge in [0, 0.05) is 23.2 Å². The van der Waals surface area contributed by atoms with Crippen LogP contribution in [0.5, 0.6) is 11.5 Å². The Morgan fingerprint density at radius 2 is 1.63 bits per heavy atom. The lowest BCUT2D eigenvalue weighted by molar-refractivity contribution is 0.0940. The number of likely N-dealkylation sites (N-methyl/N-ethyl adjacent to an activating group) is 1. The van der Waals surface area contributed by atoms with E-state index in [0.29, 0.717) is 17.1 Å². The molecule has 0 aliphatic rings. The largest absolute Gasteiger partial charge is 0.496 e. The number of carbonyl (C=O) groups excluding carboxylic acids is 1. The minimum Gasteiger partial charge on any atom is -0.496 e. The summed E-state index contributed by atoms with van der Waals surface area (Å²) in [4.78, 5) is 14.2. The van der Waals surface area contributed by atoms with Crippen LogP contribution in [0.1, 0.15) is 27.5 Å². The highest BCUT2D eigenvalue weighted by Crippen LogP contribution is 2.29. The van der Waals surface area contributed by atoms with E-state index >= 15 is 0 Å². The number of nitrogens with one attached hydrogen (secondary N) is 1. The smallest absolute Gasteiger partial charge is 0.251 e. The van der Waals surface area contributed by atoms with Crippen molar-refractivity contribution in [3.05, 3.63) is 58.7 Å². The highest BCUT2D eigenvalue weighted by molar-refractivity contribution is 5.95. The Bertz CT molecular complexity index is 780. The van der Waals surface area contributed by atoms with Gasteiger partial charge in [-0.15, -0.1) is 0 Å². The molecule has 0 spiro atoms. The van der Waals surface area contributed by atoms with Crippen molar-refractivity contribution in [3.63, 3.8) is 0 Å². The second-order valence-corrected chi connectivity index (χ2v) is 6.33. The lowest BCUT2D eigenvalue weighted by atomic mass is 10.0. The average molecular weight is 378 g/mol. The van der Waals surface area contributed by atoms with Crippen LogP contribution >= 0.6 is 0 Å². The average Bonchev–Trinajstić information content (AvgIpc) is 2.63. The van der Waals surface area contributed by atoms with Crippen LogP contribution in [-0.2, 0) is 0 Å². The molecule has 1 N–H and O–H groups in total. The minimum atomic E-state index is -0.663. The van der Waals surface area contributed by atoms with E-state index in [1.165, 1.54) is 32.4 Å². The van der Waals surface area contributed by atoms with Gasteiger partial charge in [0.15, 0.2) is 0 Å². The number of carbonyl (C=O) groups is 1. The number of rotatable bonds is 7. The Balaban J connectivity index is 2.25. The number of hydrogen-bond acceptors (Lipinski definition) is 4. The third-order valence-corrected chi connectivity index (χ3v) is 4.43. The lowest BCUT2D eigenvalue weighted by Gasteiger charge is -2.26. The first-order valence-electron chi connectivity index (χ1n) is 8.41. The predicted molar refractivity (Wildman–Crippen MR) is 99.4 cm³/mol. The summed E-state index contributed by atoms with van der Waals surface area (Å²) < 4.78 is 38.8. The summed E-state index contributed by atoms with van der Waals surface area (Å²) in [5.41, 5.74) is 1.03. The lowest BCUT2D eigenvalue weighted by Crippen LogP contribution is -2.35. The van der Waals surface area contributed by atoms with Gasteiger partial charge in [0.1, 0.15) is 23.1 Å². The maximum absolute atomic E-state index is 14.1. The van der Waals surface area contributed by atoms with Crippen LogP contribution < -0.4 is 14.8 Å². The van der Waals surface area contributed by atoms with Crippen LogP contribution in [0.4, 0.5) is 8.78 Å². The zero-order valence-corrected chi connectivity index (χ0v) is 16.1. The predicted octanol–water partition coefficient (Wildman–Crippen LogP) is 3.32. The van der Waals surface area contributed by atoms with Gasteiger partial charge < -0.3 is 19.7 Å². The zero-order valence-electron chi connectivity index (χ0n) is 16.1. The fraction of sp³-hybridized carbons (Fsp3) is 0.350. The molecule has 2 aromatic carbocycles. The minimum absolute atomic E-state index is 0.0300. The Hall–Kier alpha value is -2.67. The van der Waals surface area contributed by atoms with Gasteiger partial charge in [0.05, 0.1) is 20.3 Å². The number of ether oxygens (including phenoxy) is 2. The number of benzene rings is 2. The molecule has 1 unspecified atom stereocenters. The van der Waals surface area contributed by atoms with Crippen molar-refractivity contribution >= 4 is 5.91 Å². The molecule has 0 saturated carbocycles. The fourth-order valence-electron chi connectivity index (χ4n) is 2.88. The fourth-order valence-corrected chi connectivity index (χ4v) is 2.88. The van der Waals surface area contributed by atoms with Crippen molar-refractivity contribution in [1.29, 1.82) is 0 Å². The van der Waals surface area contributed by atoms with E-state index in [2.05, 4.69) is 5.32 Å². The topological polar surface area (TPSA) is 50.8 Å². The first kappa shape index (κ1) is 20.6. The van der Waals surface area contributed by atoms with Crippen LogP contribution in [0.3, 0.4) is 0 Å². The molecule has 0 heterocycles. The number of hydrogen-bond donors (Lipinski definition) is 1. The molecule has 146 valence electrons. The van der Waals surface area contributed by atoms with E-state index in [1.54, 1.807) is 31.1 Å². The highest BCUT2D eigenvalue weighted by atomic mass is 19.1. The maximum atomic E-state index is 14.1. The summed E-state index contributed by atoms with van der Waals surface area (Å²) >= 11 is 0. The van der Waals surface area contributed by atoms with Crippen molar-refractivity contribution < 1.29 is 23.0 Å². The van der Waals surface area contributed by atoms with Crippen molar-refractivity contribution in [2.45, 2.75) is 13.0 Å². The molecular weight excluding hydrogens is 354 g/mol. The summed E-state index contributed by atoms with van der Waals surface area (Å²) in [5, 5.41) is 2.73. The maximum Gasteiger partial charge on any atom is 0.251 e. The van der Waals surface area contributed by atoms with Gasteiger partial charge in [-0.3, -0.25) is 4.79 Å². The van der Waals surface area contributed by atoms with Gasteiger partial charge in [0.2, 0.25) is 0 Å². The van der Waals surface area contributed by atoms with Gasteiger partial charge in [-0.1, -0.05) is 6.07 Å². The summed E-state index contributed by atoms with van der Waals surface area (Å²) in [6, 6.07) is 6.25. The first-order valence-corrected chi connectivity index (χ1v) is 8.41. The molecule has 0 fully saturated rings. The summed E-state index contributed by atoms with van der Waals surface area (Å²) in [5.74, 6) is -0.661. The van der Waals surface area contributed by atoms with E-state index in [9.17, 15) is 13.6 Å². The van der Waals surface area contributed by atoms with E-state index in [4.69, 9.17) is 9.47 Å². The van der Waals surface area contributed by atoms with Gasteiger partial charge in [-0.05, 0) is 45.3 Å². The quantitative estimate of drug-likeness (QED) is 0.803. The summed E-state index contributed by atoms with van der Waals surface area (Å²) in [7, 11) is 6.40. The van der Waals surface area contributed by atoms with Crippen LogP contribution in [0, 0.1) is 18.6 Å². The van der Waals surface area contributed by atoms with Crippen molar-refractivity contribution in [3.8, 4) is 11.5 Å². The molecule has 0 aliphatic carbocycles. The second kappa shape index (κ2) is 8.81. The van der Waals surface area contributed by atoms with E-state index in [0.717, 1.165) is 5.56 Å². The molecule has 1 amide bonds. The van der Waals surface area contributed by atoms with Crippen molar-refractivity contribution in [1.82, 2.24) is 10.2 Å². The zero-order chi connectivity index (χ0) is 20.1. The Morgan fingerprint density at radius 3 is 2.07 bits per heavy atom. The molecule has 0 bridgehead atoms. The Kier molecular flexibility index (Phi) is 6.74. The van der Waals surface area contributed by atoms with Gasteiger partial charge in [-0.25, -0.2) is 8.78 Å². The molecule has 0 radical (unpaired) electrons. The Morgan fingerprint density at radius 1 is 1.11 bits per heavy atom. The van der Waals surface area contributed by atoms with Crippen molar-refractivity contribution in [2.24, 2.45) is 0 Å². The third-order valence-electron chi connectivity index (χ3n) is 4.43. The van der Waals surface area contributed by atoms with Crippen LogP contribution in [0.25, 0.3) is 0 Å². The van der Waals surface area contributed by atoms with Crippen LogP contribution in [-0.4, -0.2) is 45.7 Å². The van der Waals surface area contributed by atoms with E-state index in [-0.39, 0.29) is 12.1 Å². The summed E-state index contributed by atoms with van der Waals surface area (Å²) in [6.45, 7) is 1.85. The van der Waals surface area contributed by atoms with Gasteiger partial charge in [-0.2, -0.15) is 0 Å². The molecule has 0 saturated heterocycles. The number of halogens is 2. The van der Waals surface area contributed by atoms with Gasteiger partial charge in [0.25, 0.3) is 5.91 Å². The van der Waals surface area contributed by atoms with Crippen LogP contribution in [0.2, 0.25) is 0 Å². The Labute approximate surface area is 157 Å². The molecular formula is C20H24F2N2O3. The van der Waals surface area contributed by atoms with Crippen molar-refractivity contribution in [2.75, 3.05) is 34.9 Å². The normalized spacial score (nSPS) is 12.0. The number of methoxy groups -OCH3 is 2. The highest BCUT2D eigenvalue weighted by Gasteiger charge is 2.23. The molecule has 0 aromatic heterocycles. The van der Waals surface area contributed by atoms with E-state index in [1.807, 2.05) is 6.92 Å². The SMILES string of the molecule is COc1cc(C(=O)NCC(c2c(F)cccc2F)N(C)C)cc(OC)c1C. The number of amides is 1. The molecule has 1 atom stereocenters. The number of nitrogens with zero attached hydrogens (tertiary/aromatic N) is 1. The molecule has 0 aliphatic heterocycles. The third kappa shape index (κ3) is 4.54. The summed E-state index contributed by atoms with van der Waals surface area (Å²) in [6.07, 6.45) is 0. The molecule has 5 nitrogen and oxygen atoms in total. The van der Waals surface area contributed by atoms with Crippen LogP contribution in [0.15, 0.2) is 30.3 Å². The molecule has 2 aromatic rings. The molecule has 7 heteroatoms.